The Balaban J connectivity index is 1.21. The number of hydrogen-bond donors (Lipinski definition) is 3. The zero-order chi connectivity index (χ0) is 26.5. The van der Waals surface area contributed by atoms with E-state index in [2.05, 4.69) is 46.6 Å². The van der Waals surface area contributed by atoms with Crippen LogP contribution in [0, 0.1) is 11.3 Å². The fourth-order valence-corrected chi connectivity index (χ4v) is 4.39. The summed E-state index contributed by atoms with van der Waals surface area (Å²) in [5, 5.41) is 25.8. The molecule has 1 saturated carbocycles. The monoisotopic (exact) mass is 518 g/mol. The Kier molecular flexibility index (Phi) is 7.36. The van der Waals surface area contributed by atoms with E-state index in [1.807, 2.05) is 0 Å². The van der Waals surface area contributed by atoms with E-state index < -0.39 is 6.09 Å². The van der Waals surface area contributed by atoms with E-state index in [1.54, 1.807) is 24.8 Å². The van der Waals surface area contributed by atoms with Crippen molar-refractivity contribution in [1.82, 2.24) is 29.9 Å². The molecular weight excluding hydrogens is 492 g/mol. The van der Waals surface area contributed by atoms with Crippen molar-refractivity contribution in [1.29, 1.82) is 5.26 Å². The molecule has 2 aliphatic rings. The second kappa shape index (κ2) is 11.2. The molecule has 196 valence electrons. The molecular formula is C24H26N10O4. The van der Waals surface area contributed by atoms with Crippen molar-refractivity contribution in [3.05, 3.63) is 36.5 Å². The number of anilines is 3. The van der Waals surface area contributed by atoms with Crippen LogP contribution in [0.15, 0.2) is 31.0 Å². The molecule has 5 rings (SSSR count). The Morgan fingerprint density at radius 2 is 1.66 bits per heavy atom. The Morgan fingerprint density at radius 1 is 1.00 bits per heavy atom. The summed E-state index contributed by atoms with van der Waals surface area (Å²) in [4.78, 5) is 38.9. The second-order valence-electron chi connectivity index (χ2n) is 8.98. The van der Waals surface area contributed by atoms with Crippen LogP contribution in [0.5, 0.6) is 6.01 Å². The number of aromatic nitrogens is 6. The number of carbonyl (C=O) groups is 1. The highest BCUT2D eigenvalue weighted by Crippen LogP contribution is 2.28. The molecule has 0 radical (unpaired) electrons. The molecule has 2 fully saturated rings. The molecule has 38 heavy (non-hydrogen) atoms. The summed E-state index contributed by atoms with van der Waals surface area (Å²) in [5.74, 6) is 1.02. The van der Waals surface area contributed by atoms with Crippen LogP contribution in [0.1, 0.15) is 31.2 Å². The zero-order valence-corrected chi connectivity index (χ0v) is 20.6. The molecule has 14 nitrogen and oxygen atoms in total. The highest BCUT2D eigenvalue weighted by Gasteiger charge is 2.32. The summed E-state index contributed by atoms with van der Waals surface area (Å²) in [6.07, 6.45) is 9.32. The smallest absolute Gasteiger partial charge is 0.414 e. The van der Waals surface area contributed by atoms with Gasteiger partial charge in [0.15, 0.2) is 0 Å². The maximum absolute atomic E-state index is 12.1. The van der Waals surface area contributed by atoms with Crippen molar-refractivity contribution >= 4 is 23.8 Å². The van der Waals surface area contributed by atoms with Gasteiger partial charge in [-0.3, -0.25) is 0 Å². The van der Waals surface area contributed by atoms with E-state index in [9.17, 15) is 15.2 Å². The van der Waals surface area contributed by atoms with Gasteiger partial charge in [-0.2, -0.15) is 10.2 Å². The number of ether oxygens (including phenoxy) is 2. The molecule has 3 N–H and O–H groups in total. The lowest BCUT2D eigenvalue weighted by Gasteiger charge is -2.34. The third-order valence-corrected chi connectivity index (χ3v) is 6.49. The van der Waals surface area contributed by atoms with Gasteiger partial charge in [0.25, 0.3) is 0 Å². The fraction of sp³-hybridized carbons (Fsp3) is 0.417. The number of rotatable bonds is 8. The molecule has 1 saturated heterocycles. The molecule has 1 aliphatic carbocycles. The Bertz CT molecular complexity index is 1300. The Morgan fingerprint density at radius 3 is 2.21 bits per heavy atom. The van der Waals surface area contributed by atoms with Gasteiger partial charge in [-0.1, -0.05) is 0 Å². The third kappa shape index (κ3) is 5.52. The minimum Gasteiger partial charge on any atom is -0.467 e. The van der Waals surface area contributed by atoms with Gasteiger partial charge in [-0.25, -0.2) is 34.6 Å². The molecule has 0 aromatic carbocycles. The molecule has 4 heterocycles. The first-order chi connectivity index (χ1) is 18.5. The fourth-order valence-electron chi connectivity index (χ4n) is 4.39. The van der Waals surface area contributed by atoms with Crippen LogP contribution in [0.2, 0.25) is 0 Å². The van der Waals surface area contributed by atoms with E-state index in [1.165, 1.54) is 18.2 Å². The van der Waals surface area contributed by atoms with Gasteiger partial charge in [0.2, 0.25) is 11.9 Å². The van der Waals surface area contributed by atoms with Crippen LogP contribution in [-0.2, 0) is 4.74 Å². The summed E-state index contributed by atoms with van der Waals surface area (Å²) in [6, 6.07) is 2.28. The normalized spacial score (nSPS) is 19.1. The molecule has 0 bridgehead atoms. The molecule has 0 unspecified atom stereocenters. The van der Waals surface area contributed by atoms with Crippen LogP contribution < -0.4 is 20.3 Å². The Hall–Kier alpha value is -4.64. The number of methoxy groups -OCH3 is 1. The van der Waals surface area contributed by atoms with Gasteiger partial charge >= 0.3 is 12.1 Å². The number of nitrogens with one attached hydrogen (secondary N) is 2. The average molecular weight is 519 g/mol. The van der Waals surface area contributed by atoms with Gasteiger partial charge in [0, 0.05) is 48.0 Å². The van der Waals surface area contributed by atoms with Gasteiger partial charge in [-0.05, 0) is 25.7 Å². The first-order valence-electron chi connectivity index (χ1n) is 12.1. The topological polar surface area (TPSA) is 184 Å². The van der Waals surface area contributed by atoms with Crippen molar-refractivity contribution in [3.8, 4) is 23.2 Å². The first-order valence-corrected chi connectivity index (χ1v) is 12.1. The van der Waals surface area contributed by atoms with E-state index >= 15 is 0 Å². The predicted molar refractivity (Wildman–Crippen MR) is 135 cm³/mol. The maximum atomic E-state index is 12.1. The summed E-state index contributed by atoms with van der Waals surface area (Å²) in [6.45, 7) is 1.15. The quantitative estimate of drug-likeness (QED) is 0.395. The standard InChI is InChI=1S/C24H26N10O4/c1-37-23-29-10-16(11-30-23)15-8-27-22(28-9-15)34(24(35)36)19-4-2-17(3-5-19)32-21-26-7-14(6-25)20(33-21)31-18-12-38-13-18/h7-11,17-19H,2-5,12-13H2,1H3,(H,35,36)(H2,26,31,32,33). The van der Waals surface area contributed by atoms with Crippen LogP contribution in [0.4, 0.5) is 22.5 Å². The molecule has 0 spiro atoms. The van der Waals surface area contributed by atoms with Crippen molar-refractivity contribution in [2.45, 2.75) is 43.8 Å². The van der Waals surface area contributed by atoms with E-state index in [0.29, 0.717) is 67.4 Å². The van der Waals surface area contributed by atoms with Crippen LogP contribution in [-0.4, -0.2) is 79.6 Å². The number of nitrogens with zero attached hydrogens (tertiary/aromatic N) is 8. The van der Waals surface area contributed by atoms with Crippen molar-refractivity contribution in [2.24, 2.45) is 0 Å². The van der Waals surface area contributed by atoms with Crippen LogP contribution in [0.25, 0.3) is 11.1 Å². The van der Waals surface area contributed by atoms with Gasteiger partial charge in [0.1, 0.15) is 17.5 Å². The largest absolute Gasteiger partial charge is 0.467 e. The zero-order valence-electron chi connectivity index (χ0n) is 20.6. The number of hydrogen-bond acceptors (Lipinski definition) is 12. The van der Waals surface area contributed by atoms with E-state index in [4.69, 9.17) is 9.47 Å². The molecule has 3 aromatic rings. The lowest BCUT2D eigenvalue weighted by molar-refractivity contribution is 0.0209. The number of nitriles is 1. The van der Waals surface area contributed by atoms with Gasteiger partial charge in [0.05, 0.1) is 32.6 Å². The van der Waals surface area contributed by atoms with E-state index in [-0.39, 0.29) is 30.1 Å². The van der Waals surface area contributed by atoms with E-state index in [0.717, 1.165) is 0 Å². The SMILES string of the molecule is COc1ncc(-c2cnc(N(C(=O)O)C3CCC(Nc4ncc(C#N)c(NC5COC5)n4)CC3)nc2)cn1. The number of carboxylic acid groups (broad SMARTS) is 1. The van der Waals surface area contributed by atoms with Crippen molar-refractivity contribution in [2.75, 3.05) is 35.9 Å². The summed E-state index contributed by atoms with van der Waals surface area (Å²) >= 11 is 0. The molecule has 14 heteroatoms. The van der Waals surface area contributed by atoms with Crippen molar-refractivity contribution < 1.29 is 19.4 Å². The van der Waals surface area contributed by atoms with Crippen LogP contribution in [0.3, 0.4) is 0 Å². The molecule has 1 aliphatic heterocycles. The average Bonchev–Trinajstić information content (AvgIpc) is 2.92. The predicted octanol–water partition coefficient (Wildman–Crippen LogP) is 2.32. The minimum atomic E-state index is -1.10. The highest BCUT2D eigenvalue weighted by atomic mass is 16.5. The lowest BCUT2D eigenvalue weighted by atomic mass is 9.90. The Labute approximate surface area is 218 Å². The minimum absolute atomic E-state index is 0.0630. The molecule has 0 atom stereocenters. The second-order valence-corrected chi connectivity index (χ2v) is 8.98. The van der Waals surface area contributed by atoms with Crippen LogP contribution >= 0.6 is 0 Å². The maximum Gasteiger partial charge on any atom is 0.414 e. The van der Waals surface area contributed by atoms with Crippen molar-refractivity contribution in [3.63, 3.8) is 0 Å². The summed E-state index contributed by atoms with van der Waals surface area (Å²) < 4.78 is 10.1. The highest BCUT2D eigenvalue weighted by molar-refractivity contribution is 5.84. The van der Waals surface area contributed by atoms with Gasteiger partial charge < -0.3 is 25.2 Å². The summed E-state index contributed by atoms with van der Waals surface area (Å²) in [7, 11) is 1.48. The third-order valence-electron chi connectivity index (χ3n) is 6.49. The number of amides is 1. The molecule has 3 aromatic heterocycles. The van der Waals surface area contributed by atoms with Gasteiger partial charge in [-0.15, -0.1) is 0 Å². The molecule has 1 amide bonds. The lowest BCUT2D eigenvalue weighted by Crippen LogP contribution is -2.44. The summed E-state index contributed by atoms with van der Waals surface area (Å²) in [5.41, 5.74) is 1.72. The first kappa shape index (κ1) is 25.0.